The molecule has 16 heavy (non-hydrogen) atoms. The number of rotatable bonds is 4. The van der Waals surface area contributed by atoms with Crippen LogP contribution in [0.3, 0.4) is 0 Å². The summed E-state index contributed by atoms with van der Waals surface area (Å²) in [7, 11) is 0. The molecule has 3 nitrogen and oxygen atoms in total. The molecular formula is C13H19NO2. The van der Waals surface area contributed by atoms with E-state index in [0.717, 1.165) is 26.1 Å². The van der Waals surface area contributed by atoms with Crippen LogP contribution < -0.4 is 5.32 Å². The first-order chi connectivity index (χ1) is 7.95. The van der Waals surface area contributed by atoms with Crippen molar-refractivity contribution in [3.05, 3.63) is 35.9 Å². The van der Waals surface area contributed by atoms with Crippen molar-refractivity contribution in [2.24, 2.45) is 0 Å². The van der Waals surface area contributed by atoms with Gasteiger partial charge in [0.05, 0.1) is 25.9 Å². The van der Waals surface area contributed by atoms with E-state index in [2.05, 4.69) is 17.4 Å². The van der Waals surface area contributed by atoms with Crippen LogP contribution in [0.2, 0.25) is 0 Å². The number of nitrogens with one attached hydrogen (secondary N) is 1. The Morgan fingerprint density at radius 3 is 3.00 bits per heavy atom. The van der Waals surface area contributed by atoms with Crippen molar-refractivity contribution in [1.82, 2.24) is 5.32 Å². The average molecular weight is 221 g/mol. The molecule has 0 aliphatic carbocycles. The zero-order valence-corrected chi connectivity index (χ0v) is 9.52. The average Bonchev–Trinajstić information content (AvgIpc) is 2.59. The molecule has 1 atom stereocenters. The SMILES string of the molecule is c1ccc(COCC2CCNCCO2)cc1. The molecule has 3 heteroatoms. The molecule has 0 aromatic heterocycles. The normalized spacial score (nSPS) is 21.6. The van der Waals surface area contributed by atoms with Crippen LogP contribution in [0.1, 0.15) is 12.0 Å². The minimum atomic E-state index is 0.249. The lowest BCUT2D eigenvalue weighted by Crippen LogP contribution is -2.20. The lowest BCUT2D eigenvalue weighted by molar-refractivity contribution is -0.0154. The molecule has 1 aliphatic rings. The zero-order chi connectivity index (χ0) is 11.1. The molecule has 1 saturated heterocycles. The molecule has 0 bridgehead atoms. The van der Waals surface area contributed by atoms with E-state index in [-0.39, 0.29) is 6.10 Å². The maximum absolute atomic E-state index is 5.66. The molecule has 1 unspecified atom stereocenters. The molecule has 0 amide bonds. The number of ether oxygens (including phenoxy) is 2. The van der Waals surface area contributed by atoms with Crippen molar-refractivity contribution in [3.63, 3.8) is 0 Å². The highest BCUT2D eigenvalue weighted by Crippen LogP contribution is 2.05. The third-order valence-electron chi connectivity index (χ3n) is 2.69. The summed E-state index contributed by atoms with van der Waals surface area (Å²) in [4.78, 5) is 0. The van der Waals surface area contributed by atoms with Crippen LogP contribution in [-0.2, 0) is 16.1 Å². The summed E-state index contributed by atoms with van der Waals surface area (Å²) in [5.74, 6) is 0. The van der Waals surface area contributed by atoms with Crippen molar-refractivity contribution >= 4 is 0 Å². The number of hydrogen-bond donors (Lipinski definition) is 1. The first-order valence-electron chi connectivity index (χ1n) is 5.89. The van der Waals surface area contributed by atoms with Gasteiger partial charge in [-0.2, -0.15) is 0 Å². The van der Waals surface area contributed by atoms with Crippen molar-refractivity contribution < 1.29 is 9.47 Å². The predicted molar refractivity (Wildman–Crippen MR) is 63.3 cm³/mol. The molecule has 2 rings (SSSR count). The molecule has 0 saturated carbocycles. The maximum atomic E-state index is 5.66. The quantitative estimate of drug-likeness (QED) is 0.837. The van der Waals surface area contributed by atoms with E-state index in [1.807, 2.05) is 18.2 Å². The summed E-state index contributed by atoms with van der Waals surface area (Å²) in [6.45, 7) is 4.14. The van der Waals surface area contributed by atoms with Gasteiger partial charge in [0.15, 0.2) is 0 Å². The fraction of sp³-hybridized carbons (Fsp3) is 0.538. The van der Waals surface area contributed by atoms with Gasteiger partial charge in [-0.3, -0.25) is 0 Å². The summed E-state index contributed by atoms with van der Waals surface area (Å²) in [6, 6.07) is 10.2. The highest BCUT2D eigenvalue weighted by Gasteiger charge is 2.11. The Morgan fingerprint density at radius 2 is 2.12 bits per heavy atom. The van der Waals surface area contributed by atoms with Crippen LogP contribution in [0.5, 0.6) is 0 Å². The first kappa shape index (κ1) is 11.6. The third-order valence-corrected chi connectivity index (χ3v) is 2.69. The van der Waals surface area contributed by atoms with E-state index >= 15 is 0 Å². The second-order valence-corrected chi connectivity index (χ2v) is 4.03. The Bertz CT molecular complexity index is 281. The van der Waals surface area contributed by atoms with E-state index in [1.54, 1.807) is 0 Å². The maximum Gasteiger partial charge on any atom is 0.0821 e. The zero-order valence-electron chi connectivity index (χ0n) is 9.52. The first-order valence-corrected chi connectivity index (χ1v) is 5.89. The highest BCUT2D eigenvalue weighted by atomic mass is 16.5. The Kier molecular flexibility index (Phi) is 4.80. The number of hydrogen-bond acceptors (Lipinski definition) is 3. The standard InChI is InChI=1S/C13H19NO2/c1-2-4-12(5-3-1)10-15-11-13-6-7-14-8-9-16-13/h1-5,13-14H,6-11H2. The minimum Gasteiger partial charge on any atom is -0.374 e. The molecule has 0 radical (unpaired) electrons. The third kappa shape index (κ3) is 3.93. The second kappa shape index (κ2) is 6.63. The molecule has 88 valence electrons. The van der Waals surface area contributed by atoms with Crippen molar-refractivity contribution in [1.29, 1.82) is 0 Å². The van der Waals surface area contributed by atoms with Gasteiger partial charge in [0.1, 0.15) is 0 Å². The van der Waals surface area contributed by atoms with Gasteiger partial charge in [-0.25, -0.2) is 0 Å². The van der Waals surface area contributed by atoms with E-state index < -0.39 is 0 Å². The van der Waals surface area contributed by atoms with Gasteiger partial charge in [0, 0.05) is 6.54 Å². The molecule has 1 aromatic rings. The van der Waals surface area contributed by atoms with E-state index in [9.17, 15) is 0 Å². The smallest absolute Gasteiger partial charge is 0.0821 e. The molecule has 1 heterocycles. The molecule has 1 aliphatic heterocycles. The van der Waals surface area contributed by atoms with Gasteiger partial charge in [-0.1, -0.05) is 30.3 Å². The van der Waals surface area contributed by atoms with E-state index in [0.29, 0.717) is 13.2 Å². The number of benzene rings is 1. The minimum absolute atomic E-state index is 0.249. The van der Waals surface area contributed by atoms with Crippen LogP contribution in [0.25, 0.3) is 0 Å². The van der Waals surface area contributed by atoms with Gasteiger partial charge >= 0.3 is 0 Å². The van der Waals surface area contributed by atoms with Crippen LogP contribution in [0.15, 0.2) is 30.3 Å². The largest absolute Gasteiger partial charge is 0.374 e. The van der Waals surface area contributed by atoms with Crippen molar-refractivity contribution in [3.8, 4) is 0 Å². The van der Waals surface area contributed by atoms with Gasteiger partial charge < -0.3 is 14.8 Å². The summed E-state index contributed by atoms with van der Waals surface area (Å²) >= 11 is 0. The Labute approximate surface area is 96.8 Å². The Morgan fingerprint density at radius 1 is 1.25 bits per heavy atom. The molecule has 0 spiro atoms. The van der Waals surface area contributed by atoms with Crippen LogP contribution in [0, 0.1) is 0 Å². The van der Waals surface area contributed by atoms with Gasteiger partial charge in [0.2, 0.25) is 0 Å². The van der Waals surface area contributed by atoms with Crippen LogP contribution >= 0.6 is 0 Å². The summed E-state index contributed by atoms with van der Waals surface area (Å²) in [5.41, 5.74) is 1.22. The summed E-state index contributed by atoms with van der Waals surface area (Å²) < 4.78 is 11.3. The van der Waals surface area contributed by atoms with Gasteiger partial charge in [-0.15, -0.1) is 0 Å². The molecule has 1 N–H and O–H groups in total. The van der Waals surface area contributed by atoms with Crippen molar-refractivity contribution in [2.75, 3.05) is 26.3 Å². The lowest BCUT2D eigenvalue weighted by atomic mass is 10.2. The Hall–Kier alpha value is -0.900. The lowest BCUT2D eigenvalue weighted by Gasteiger charge is -2.14. The van der Waals surface area contributed by atoms with Crippen LogP contribution in [-0.4, -0.2) is 32.4 Å². The monoisotopic (exact) mass is 221 g/mol. The fourth-order valence-corrected chi connectivity index (χ4v) is 1.78. The van der Waals surface area contributed by atoms with Gasteiger partial charge in [0.25, 0.3) is 0 Å². The summed E-state index contributed by atoms with van der Waals surface area (Å²) in [6.07, 6.45) is 1.29. The van der Waals surface area contributed by atoms with E-state index in [4.69, 9.17) is 9.47 Å². The topological polar surface area (TPSA) is 30.5 Å². The van der Waals surface area contributed by atoms with E-state index in [1.165, 1.54) is 5.56 Å². The van der Waals surface area contributed by atoms with Crippen molar-refractivity contribution in [2.45, 2.75) is 19.1 Å². The highest BCUT2D eigenvalue weighted by molar-refractivity contribution is 5.13. The van der Waals surface area contributed by atoms with Crippen LogP contribution in [0.4, 0.5) is 0 Å². The Balaban J connectivity index is 1.67. The second-order valence-electron chi connectivity index (χ2n) is 4.03. The molecular weight excluding hydrogens is 202 g/mol. The fourth-order valence-electron chi connectivity index (χ4n) is 1.78. The van der Waals surface area contributed by atoms with Gasteiger partial charge in [-0.05, 0) is 18.5 Å². The predicted octanol–water partition coefficient (Wildman–Crippen LogP) is 1.58. The molecule has 1 fully saturated rings. The molecule has 1 aromatic carbocycles. The summed E-state index contributed by atoms with van der Waals surface area (Å²) in [5, 5.41) is 3.30.